The summed E-state index contributed by atoms with van der Waals surface area (Å²) in [5.74, 6) is 0.460. The fourth-order valence-electron chi connectivity index (χ4n) is 3.67. The molecule has 2 aromatic rings. The molecule has 3 nitrogen and oxygen atoms in total. The SMILES string of the molecule is Cc1cccc(COC(=O)C[C@H]2CC[C@@H](c3ccccc3)CN2C)c1. The molecule has 25 heavy (non-hydrogen) atoms. The second-order valence-corrected chi connectivity index (χ2v) is 7.13. The number of benzene rings is 2. The quantitative estimate of drug-likeness (QED) is 0.762. The van der Waals surface area contributed by atoms with Crippen LogP contribution in [-0.2, 0) is 16.1 Å². The van der Waals surface area contributed by atoms with Crippen LogP contribution in [0.3, 0.4) is 0 Å². The third kappa shape index (κ3) is 4.93. The van der Waals surface area contributed by atoms with E-state index in [2.05, 4.69) is 48.3 Å². The molecule has 1 saturated heterocycles. The van der Waals surface area contributed by atoms with Gasteiger partial charge in [-0.1, -0.05) is 60.2 Å². The van der Waals surface area contributed by atoms with Gasteiger partial charge < -0.3 is 9.64 Å². The minimum atomic E-state index is -0.100. The number of rotatable bonds is 5. The fourth-order valence-corrected chi connectivity index (χ4v) is 3.67. The van der Waals surface area contributed by atoms with Crippen molar-refractivity contribution < 1.29 is 9.53 Å². The Morgan fingerprint density at radius 2 is 1.92 bits per heavy atom. The molecule has 0 radical (unpaired) electrons. The van der Waals surface area contributed by atoms with E-state index >= 15 is 0 Å². The van der Waals surface area contributed by atoms with Crippen molar-refractivity contribution in [2.24, 2.45) is 0 Å². The van der Waals surface area contributed by atoms with Gasteiger partial charge in [0.25, 0.3) is 0 Å². The Labute approximate surface area is 150 Å². The van der Waals surface area contributed by atoms with E-state index < -0.39 is 0 Å². The lowest BCUT2D eigenvalue weighted by Crippen LogP contribution is -2.41. The molecule has 0 spiro atoms. The number of carbonyl (C=O) groups excluding carboxylic acids is 1. The predicted molar refractivity (Wildman–Crippen MR) is 100 cm³/mol. The Morgan fingerprint density at radius 1 is 1.12 bits per heavy atom. The number of esters is 1. The second-order valence-electron chi connectivity index (χ2n) is 7.13. The van der Waals surface area contributed by atoms with Crippen LogP contribution in [0.4, 0.5) is 0 Å². The molecule has 0 unspecified atom stereocenters. The molecule has 3 heteroatoms. The smallest absolute Gasteiger partial charge is 0.307 e. The number of piperidine rings is 1. The van der Waals surface area contributed by atoms with Crippen LogP contribution in [0.1, 0.15) is 41.9 Å². The van der Waals surface area contributed by atoms with Crippen LogP contribution in [-0.4, -0.2) is 30.5 Å². The van der Waals surface area contributed by atoms with Gasteiger partial charge in [-0.15, -0.1) is 0 Å². The first-order valence-corrected chi connectivity index (χ1v) is 9.08. The maximum absolute atomic E-state index is 12.2. The van der Waals surface area contributed by atoms with Gasteiger partial charge in [0.05, 0.1) is 6.42 Å². The standard InChI is InChI=1S/C22H27NO2/c1-17-7-6-8-18(13-17)16-25-22(24)14-21-12-11-20(15-23(21)2)19-9-4-3-5-10-19/h3-10,13,20-21H,11-12,14-16H2,1-2H3/t20-,21-/m1/s1. The first kappa shape index (κ1) is 17.7. The van der Waals surface area contributed by atoms with Gasteiger partial charge >= 0.3 is 5.97 Å². The maximum atomic E-state index is 12.2. The van der Waals surface area contributed by atoms with Crippen LogP contribution in [0, 0.1) is 6.92 Å². The first-order valence-electron chi connectivity index (χ1n) is 9.08. The summed E-state index contributed by atoms with van der Waals surface area (Å²) in [6.07, 6.45) is 2.64. The summed E-state index contributed by atoms with van der Waals surface area (Å²) < 4.78 is 5.48. The molecule has 1 aliphatic rings. The maximum Gasteiger partial charge on any atom is 0.307 e. The minimum Gasteiger partial charge on any atom is -0.461 e. The summed E-state index contributed by atoms with van der Waals surface area (Å²) in [6.45, 7) is 3.41. The van der Waals surface area contributed by atoms with Crippen LogP contribution in [0.2, 0.25) is 0 Å². The van der Waals surface area contributed by atoms with E-state index in [-0.39, 0.29) is 12.0 Å². The molecule has 0 amide bonds. The normalized spacial score (nSPS) is 21.0. The third-order valence-electron chi connectivity index (χ3n) is 5.14. The zero-order chi connectivity index (χ0) is 17.6. The molecule has 1 fully saturated rings. The number of likely N-dealkylation sites (N-methyl/N-ethyl adjacent to an activating group) is 1. The predicted octanol–water partition coefficient (Wildman–Crippen LogP) is 4.31. The van der Waals surface area contributed by atoms with E-state index in [1.54, 1.807) is 0 Å². The first-order chi connectivity index (χ1) is 12.1. The lowest BCUT2D eigenvalue weighted by atomic mass is 9.87. The van der Waals surface area contributed by atoms with E-state index in [1.165, 1.54) is 11.1 Å². The average Bonchev–Trinajstić information content (AvgIpc) is 2.62. The van der Waals surface area contributed by atoms with Gasteiger partial charge in [-0.05, 0) is 43.9 Å². The molecule has 1 heterocycles. The molecular weight excluding hydrogens is 310 g/mol. The van der Waals surface area contributed by atoms with Crippen LogP contribution in [0.25, 0.3) is 0 Å². The Balaban J connectivity index is 1.48. The van der Waals surface area contributed by atoms with Gasteiger partial charge in [-0.3, -0.25) is 4.79 Å². The molecule has 2 atom stereocenters. The largest absolute Gasteiger partial charge is 0.461 e. The van der Waals surface area contributed by atoms with E-state index in [1.807, 2.05) is 25.1 Å². The summed E-state index contributed by atoms with van der Waals surface area (Å²) in [5.41, 5.74) is 3.64. The molecule has 3 rings (SSSR count). The van der Waals surface area contributed by atoms with Gasteiger partial charge in [-0.2, -0.15) is 0 Å². The molecule has 0 aromatic heterocycles. The molecule has 0 saturated carbocycles. The molecule has 0 N–H and O–H groups in total. The van der Waals surface area contributed by atoms with E-state index in [4.69, 9.17) is 4.74 Å². The molecule has 2 aromatic carbocycles. The fraction of sp³-hybridized carbons (Fsp3) is 0.409. The summed E-state index contributed by atoms with van der Waals surface area (Å²) in [5, 5.41) is 0. The van der Waals surface area contributed by atoms with Gasteiger partial charge in [0, 0.05) is 12.6 Å². The Morgan fingerprint density at radius 3 is 2.64 bits per heavy atom. The monoisotopic (exact) mass is 337 g/mol. The highest BCUT2D eigenvalue weighted by Crippen LogP contribution is 2.30. The van der Waals surface area contributed by atoms with Crippen LogP contribution < -0.4 is 0 Å². The van der Waals surface area contributed by atoms with Gasteiger partial charge in [0.15, 0.2) is 0 Å². The lowest BCUT2D eigenvalue weighted by molar-refractivity contribution is -0.146. The van der Waals surface area contributed by atoms with Crippen LogP contribution >= 0.6 is 0 Å². The number of likely N-dealkylation sites (tertiary alicyclic amines) is 1. The molecule has 132 valence electrons. The van der Waals surface area contributed by atoms with E-state index in [9.17, 15) is 4.79 Å². The highest BCUT2D eigenvalue weighted by Gasteiger charge is 2.28. The van der Waals surface area contributed by atoms with Crippen molar-refractivity contribution >= 4 is 5.97 Å². The number of ether oxygens (including phenoxy) is 1. The Hall–Kier alpha value is -2.13. The van der Waals surface area contributed by atoms with Crippen LogP contribution in [0.15, 0.2) is 54.6 Å². The van der Waals surface area contributed by atoms with Crippen molar-refractivity contribution in [3.63, 3.8) is 0 Å². The topological polar surface area (TPSA) is 29.5 Å². The van der Waals surface area contributed by atoms with Crippen molar-refractivity contribution in [3.8, 4) is 0 Å². The number of nitrogens with zero attached hydrogens (tertiary/aromatic N) is 1. The van der Waals surface area contributed by atoms with Crippen molar-refractivity contribution in [2.45, 2.75) is 44.8 Å². The number of hydrogen-bond donors (Lipinski definition) is 0. The molecule has 0 bridgehead atoms. The minimum absolute atomic E-state index is 0.100. The van der Waals surface area contributed by atoms with Gasteiger partial charge in [-0.25, -0.2) is 0 Å². The Kier molecular flexibility index (Phi) is 5.87. The molecular formula is C22H27NO2. The number of carbonyl (C=O) groups is 1. The summed E-state index contributed by atoms with van der Waals surface area (Å²) in [6, 6.07) is 19.1. The number of hydrogen-bond acceptors (Lipinski definition) is 3. The lowest BCUT2D eigenvalue weighted by Gasteiger charge is -2.37. The number of aryl methyl sites for hydroxylation is 1. The van der Waals surface area contributed by atoms with Gasteiger partial charge in [0.1, 0.15) is 6.61 Å². The Bertz CT molecular complexity index is 698. The van der Waals surface area contributed by atoms with E-state index in [0.29, 0.717) is 18.9 Å². The van der Waals surface area contributed by atoms with Gasteiger partial charge in [0.2, 0.25) is 0 Å². The highest BCUT2D eigenvalue weighted by molar-refractivity contribution is 5.70. The zero-order valence-electron chi connectivity index (χ0n) is 15.2. The van der Waals surface area contributed by atoms with E-state index in [0.717, 1.165) is 24.9 Å². The van der Waals surface area contributed by atoms with Crippen molar-refractivity contribution in [1.29, 1.82) is 0 Å². The summed E-state index contributed by atoms with van der Waals surface area (Å²) in [7, 11) is 2.12. The molecule has 0 aliphatic carbocycles. The highest BCUT2D eigenvalue weighted by atomic mass is 16.5. The third-order valence-corrected chi connectivity index (χ3v) is 5.14. The van der Waals surface area contributed by atoms with Crippen molar-refractivity contribution in [3.05, 3.63) is 71.3 Å². The van der Waals surface area contributed by atoms with Crippen molar-refractivity contribution in [2.75, 3.05) is 13.6 Å². The van der Waals surface area contributed by atoms with Crippen LogP contribution in [0.5, 0.6) is 0 Å². The zero-order valence-corrected chi connectivity index (χ0v) is 15.2. The summed E-state index contributed by atoms with van der Waals surface area (Å²) >= 11 is 0. The summed E-state index contributed by atoms with van der Waals surface area (Å²) in [4.78, 5) is 14.5. The second kappa shape index (κ2) is 8.30. The molecule has 1 aliphatic heterocycles. The van der Waals surface area contributed by atoms with Crippen molar-refractivity contribution in [1.82, 2.24) is 4.90 Å². The average molecular weight is 337 g/mol.